The quantitative estimate of drug-likeness (QED) is 0.315. The number of hydrogen-bond acceptors (Lipinski definition) is 6. The van der Waals surface area contributed by atoms with Gasteiger partial charge in [-0.25, -0.2) is 9.37 Å². The van der Waals surface area contributed by atoms with Crippen LogP contribution in [0.3, 0.4) is 0 Å². The summed E-state index contributed by atoms with van der Waals surface area (Å²) in [5.41, 5.74) is 1.28. The average Bonchev–Trinajstić information content (AvgIpc) is 3.44. The van der Waals surface area contributed by atoms with E-state index in [4.69, 9.17) is 4.74 Å². The van der Waals surface area contributed by atoms with Gasteiger partial charge in [-0.15, -0.1) is 17.9 Å². The predicted octanol–water partition coefficient (Wildman–Crippen LogP) is 3.84. The van der Waals surface area contributed by atoms with E-state index in [-0.39, 0.29) is 35.7 Å². The molecule has 0 spiro atoms. The number of thioether (sulfide) groups is 1. The van der Waals surface area contributed by atoms with Crippen molar-refractivity contribution in [3.63, 3.8) is 0 Å². The smallest absolute Gasteiger partial charge is 0.263 e. The van der Waals surface area contributed by atoms with E-state index in [1.807, 2.05) is 5.38 Å². The van der Waals surface area contributed by atoms with Gasteiger partial charge in [0.1, 0.15) is 10.6 Å². The number of thiophene rings is 1. The first-order chi connectivity index (χ1) is 15.1. The summed E-state index contributed by atoms with van der Waals surface area (Å²) < 4.78 is 20.3. The summed E-state index contributed by atoms with van der Waals surface area (Å²) in [4.78, 5) is 30.8. The van der Waals surface area contributed by atoms with Crippen LogP contribution in [0.5, 0.6) is 0 Å². The van der Waals surface area contributed by atoms with E-state index in [1.54, 1.807) is 18.2 Å². The Morgan fingerprint density at radius 1 is 1.42 bits per heavy atom. The molecular weight excluding hydrogens is 437 g/mol. The van der Waals surface area contributed by atoms with Gasteiger partial charge in [0, 0.05) is 30.6 Å². The zero-order valence-electron chi connectivity index (χ0n) is 16.8. The van der Waals surface area contributed by atoms with Crippen molar-refractivity contribution in [3.8, 4) is 11.1 Å². The SMILES string of the molecule is C=CCn1c(SCC(=O)NC[C@H]2CCCO2)nc2scc(-c3ccc(F)cc3)c2c1=O. The summed E-state index contributed by atoms with van der Waals surface area (Å²) in [7, 11) is 0. The van der Waals surface area contributed by atoms with Gasteiger partial charge >= 0.3 is 0 Å². The molecule has 4 rings (SSSR count). The number of fused-ring (bicyclic) bond motifs is 1. The summed E-state index contributed by atoms with van der Waals surface area (Å²) in [6, 6.07) is 6.03. The molecule has 0 unspecified atom stereocenters. The molecule has 1 N–H and O–H groups in total. The number of ether oxygens (including phenoxy) is 1. The molecule has 1 aliphatic heterocycles. The minimum Gasteiger partial charge on any atom is -0.376 e. The number of rotatable bonds is 8. The van der Waals surface area contributed by atoms with Crippen molar-refractivity contribution in [2.45, 2.75) is 30.6 Å². The second-order valence-electron chi connectivity index (χ2n) is 7.16. The van der Waals surface area contributed by atoms with E-state index in [9.17, 15) is 14.0 Å². The van der Waals surface area contributed by atoms with Crippen molar-refractivity contribution < 1.29 is 13.9 Å². The fraction of sp³-hybridized carbons (Fsp3) is 0.318. The lowest BCUT2D eigenvalue weighted by molar-refractivity contribution is -0.119. The van der Waals surface area contributed by atoms with Crippen LogP contribution in [0, 0.1) is 5.82 Å². The molecule has 3 heterocycles. The van der Waals surface area contributed by atoms with Gasteiger partial charge in [0.15, 0.2) is 5.16 Å². The van der Waals surface area contributed by atoms with Crippen molar-refractivity contribution in [1.82, 2.24) is 14.9 Å². The number of amides is 1. The first-order valence-corrected chi connectivity index (χ1v) is 11.8. The number of halogens is 1. The summed E-state index contributed by atoms with van der Waals surface area (Å²) in [5.74, 6) is -0.307. The average molecular weight is 460 g/mol. The summed E-state index contributed by atoms with van der Waals surface area (Å²) in [6.07, 6.45) is 3.69. The highest BCUT2D eigenvalue weighted by molar-refractivity contribution is 7.99. The van der Waals surface area contributed by atoms with Crippen molar-refractivity contribution in [1.29, 1.82) is 0 Å². The molecule has 1 aromatic carbocycles. The largest absolute Gasteiger partial charge is 0.376 e. The zero-order valence-corrected chi connectivity index (χ0v) is 18.4. The minimum atomic E-state index is -0.332. The van der Waals surface area contributed by atoms with Gasteiger partial charge in [-0.3, -0.25) is 14.2 Å². The van der Waals surface area contributed by atoms with Crippen molar-refractivity contribution in [2.75, 3.05) is 18.9 Å². The molecule has 9 heteroatoms. The summed E-state index contributed by atoms with van der Waals surface area (Å²) >= 11 is 2.58. The highest BCUT2D eigenvalue weighted by Crippen LogP contribution is 2.32. The van der Waals surface area contributed by atoms with Crippen molar-refractivity contribution in [3.05, 3.63) is 58.5 Å². The maximum absolute atomic E-state index is 13.3. The van der Waals surface area contributed by atoms with Crippen LogP contribution in [0.15, 0.2) is 52.3 Å². The Morgan fingerprint density at radius 2 is 2.23 bits per heavy atom. The van der Waals surface area contributed by atoms with E-state index in [0.717, 1.165) is 30.6 Å². The Balaban J connectivity index is 1.57. The first-order valence-electron chi connectivity index (χ1n) is 9.97. The monoisotopic (exact) mass is 459 g/mol. The van der Waals surface area contributed by atoms with Crippen molar-refractivity contribution in [2.24, 2.45) is 0 Å². The fourth-order valence-electron chi connectivity index (χ4n) is 3.46. The number of carbonyl (C=O) groups excluding carboxylic acids is 1. The molecule has 0 radical (unpaired) electrons. The molecule has 31 heavy (non-hydrogen) atoms. The second-order valence-corrected chi connectivity index (χ2v) is 8.96. The van der Waals surface area contributed by atoms with Crippen LogP contribution in [-0.4, -0.2) is 40.5 Å². The highest BCUT2D eigenvalue weighted by atomic mass is 32.2. The van der Waals surface area contributed by atoms with Crippen LogP contribution >= 0.6 is 23.1 Å². The van der Waals surface area contributed by atoms with Gasteiger partial charge < -0.3 is 10.1 Å². The van der Waals surface area contributed by atoms with Gasteiger partial charge in [-0.1, -0.05) is 30.0 Å². The van der Waals surface area contributed by atoms with Crippen LogP contribution in [0.4, 0.5) is 4.39 Å². The molecule has 0 saturated carbocycles. The van der Waals surface area contributed by atoms with Gasteiger partial charge in [0.2, 0.25) is 5.91 Å². The summed E-state index contributed by atoms with van der Waals surface area (Å²) in [6.45, 7) is 5.26. The second kappa shape index (κ2) is 9.76. The fourth-order valence-corrected chi connectivity index (χ4v) is 5.29. The van der Waals surface area contributed by atoms with Crippen LogP contribution in [0.1, 0.15) is 12.8 Å². The van der Waals surface area contributed by atoms with Gasteiger partial charge in [0.05, 0.1) is 17.2 Å². The third-order valence-electron chi connectivity index (χ3n) is 5.01. The third kappa shape index (κ3) is 4.89. The molecule has 1 aliphatic rings. The number of nitrogens with zero attached hydrogens (tertiary/aromatic N) is 2. The number of hydrogen-bond donors (Lipinski definition) is 1. The molecule has 1 saturated heterocycles. The molecule has 1 fully saturated rings. The molecule has 2 aromatic heterocycles. The molecule has 1 amide bonds. The van der Waals surface area contributed by atoms with Crippen LogP contribution in [0.25, 0.3) is 21.3 Å². The van der Waals surface area contributed by atoms with E-state index >= 15 is 0 Å². The van der Waals surface area contributed by atoms with Gasteiger partial charge in [-0.05, 0) is 30.5 Å². The number of aromatic nitrogens is 2. The van der Waals surface area contributed by atoms with E-state index < -0.39 is 0 Å². The van der Waals surface area contributed by atoms with E-state index in [2.05, 4.69) is 16.9 Å². The Morgan fingerprint density at radius 3 is 2.94 bits per heavy atom. The normalized spacial score (nSPS) is 16.0. The number of allylic oxidation sites excluding steroid dienone is 1. The van der Waals surface area contributed by atoms with Crippen molar-refractivity contribution >= 4 is 39.2 Å². The van der Waals surface area contributed by atoms with Crippen LogP contribution < -0.4 is 10.9 Å². The Hall–Kier alpha value is -2.49. The standard InChI is InChI=1S/C22H22FN3O3S2/c1-2-9-26-21(28)19-17(14-5-7-15(23)8-6-14)12-30-20(19)25-22(26)31-13-18(27)24-11-16-4-3-10-29-16/h2,5-8,12,16H,1,3-4,9-11,13H2,(H,24,27)/t16-/m1/s1. The maximum atomic E-state index is 13.3. The molecule has 1 atom stereocenters. The Bertz CT molecular complexity index is 1150. The maximum Gasteiger partial charge on any atom is 0.263 e. The lowest BCUT2D eigenvalue weighted by Gasteiger charge is -2.12. The highest BCUT2D eigenvalue weighted by Gasteiger charge is 2.19. The molecule has 3 aromatic rings. The van der Waals surface area contributed by atoms with Crippen LogP contribution in [0.2, 0.25) is 0 Å². The molecule has 0 aliphatic carbocycles. The topological polar surface area (TPSA) is 73.2 Å². The third-order valence-corrected chi connectivity index (χ3v) is 6.86. The number of benzene rings is 1. The Kier molecular flexibility index (Phi) is 6.84. The van der Waals surface area contributed by atoms with Crippen LogP contribution in [-0.2, 0) is 16.1 Å². The van der Waals surface area contributed by atoms with Gasteiger partial charge in [-0.2, -0.15) is 0 Å². The zero-order chi connectivity index (χ0) is 21.8. The number of carbonyl (C=O) groups is 1. The minimum absolute atomic E-state index is 0.0818. The van der Waals surface area contributed by atoms with E-state index in [1.165, 1.54) is 39.8 Å². The molecular formula is C22H22FN3O3S2. The summed E-state index contributed by atoms with van der Waals surface area (Å²) in [5, 5.41) is 5.70. The molecule has 162 valence electrons. The predicted molar refractivity (Wildman–Crippen MR) is 122 cm³/mol. The Labute approximate surface area is 187 Å². The molecule has 6 nitrogen and oxygen atoms in total. The lowest BCUT2D eigenvalue weighted by atomic mass is 10.1. The van der Waals surface area contributed by atoms with E-state index in [0.29, 0.717) is 21.9 Å². The molecule has 0 bridgehead atoms. The first kappa shape index (κ1) is 21.7. The number of nitrogens with one attached hydrogen (secondary N) is 1. The lowest BCUT2D eigenvalue weighted by Crippen LogP contribution is -2.33. The van der Waals surface area contributed by atoms with Gasteiger partial charge in [0.25, 0.3) is 5.56 Å².